The molecule has 1 fully saturated rings. The highest BCUT2D eigenvalue weighted by molar-refractivity contribution is 7.15. The van der Waals surface area contributed by atoms with Gasteiger partial charge in [0.25, 0.3) is 4.96 Å². The number of nitrogens with one attached hydrogen (secondary N) is 1. The van der Waals surface area contributed by atoms with Gasteiger partial charge in [0, 0.05) is 25.1 Å². The maximum absolute atomic E-state index is 11.1. The molecule has 2 aromatic rings. The standard InChI is InChI=1S/C11H14N4O3S/c16-15(17)10-9(13-11-14(10)4-6-19-11)12-3-1-8-2-5-18-7-8/h4,6,8,12H,1-3,5,7H2. The van der Waals surface area contributed by atoms with Crippen LogP contribution in [0.2, 0.25) is 0 Å². The van der Waals surface area contributed by atoms with E-state index in [1.54, 1.807) is 11.6 Å². The molecule has 3 heterocycles. The third-order valence-electron chi connectivity index (χ3n) is 3.28. The minimum atomic E-state index is -0.395. The van der Waals surface area contributed by atoms with Crippen LogP contribution >= 0.6 is 11.3 Å². The van der Waals surface area contributed by atoms with Crippen LogP contribution in [0.25, 0.3) is 4.96 Å². The van der Waals surface area contributed by atoms with Gasteiger partial charge in [0.15, 0.2) is 0 Å². The fourth-order valence-electron chi connectivity index (χ4n) is 2.27. The Hall–Kier alpha value is -1.67. The van der Waals surface area contributed by atoms with Gasteiger partial charge in [0.05, 0.1) is 0 Å². The van der Waals surface area contributed by atoms with Gasteiger partial charge in [0.1, 0.15) is 6.20 Å². The summed E-state index contributed by atoms with van der Waals surface area (Å²) in [5, 5.41) is 16.0. The Kier molecular flexibility index (Phi) is 3.34. The van der Waals surface area contributed by atoms with Gasteiger partial charge in [-0.3, -0.25) is 0 Å². The fourth-order valence-corrected chi connectivity index (χ4v) is 2.98. The molecule has 1 N–H and O–H groups in total. The van der Waals surface area contributed by atoms with Gasteiger partial charge in [-0.2, -0.15) is 9.38 Å². The summed E-state index contributed by atoms with van der Waals surface area (Å²) < 4.78 is 6.81. The topological polar surface area (TPSA) is 81.7 Å². The number of ether oxygens (including phenoxy) is 1. The number of aromatic nitrogens is 2. The van der Waals surface area contributed by atoms with E-state index >= 15 is 0 Å². The van der Waals surface area contributed by atoms with Crippen LogP contribution < -0.4 is 5.32 Å². The lowest BCUT2D eigenvalue weighted by Crippen LogP contribution is -2.10. The Morgan fingerprint density at radius 2 is 2.58 bits per heavy atom. The first kappa shape index (κ1) is 12.4. The van der Waals surface area contributed by atoms with Crippen LogP contribution in [0.3, 0.4) is 0 Å². The van der Waals surface area contributed by atoms with E-state index in [1.807, 2.05) is 0 Å². The molecule has 1 saturated heterocycles. The lowest BCUT2D eigenvalue weighted by molar-refractivity contribution is -0.389. The van der Waals surface area contributed by atoms with E-state index < -0.39 is 4.92 Å². The zero-order chi connectivity index (χ0) is 13.2. The van der Waals surface area contributed by atoms with Crippen molar-refractivity contribution in [2.24, 2.45) is 5.92 Å². The third kappa shape index (κ3) is 2.41. The molecule has 0 spiro atoms. The molecule has 0 saturated carbocycles. The van der Waals surface area contributed by atoms with Crippen LogP contribution in [0.15, 0.2) is 11.6 Å². The SMILES string of the molecule is O=[N+]([O-])c1c(NCCC2CCOC2)nc2sccn12. The normalized spacial score (nSPS) is 19.1. The molecule has 2 aromatic heterocycles. The van der Waals surface area contributed by atoms with E-state index in [4.69, 9.17) is 4.74 Å². The average molecular weight is 282 g/mol. The summed E-state index contributed by atoms with van der Waals surface area (Å²) in [7, 11) is 0. The molecule has 0 bridgehead atoms. The van der Waals surface area contributed by atoms with Crippen molar-refractivity contribution in [3.05, 3.63) is 21.7 Å². The molecule has 3 rings (SSSR count). The largest absolute Gasteiger partial charge is 0.381 e. The number of anilines is 1. The van der Waals surface area contributed by atoms with Gasteiger partial charge in [0.2, 0.25) is 5.82 Å². The Bertz CT molecular complexity index is 588. The van der Waals surface area contributed by atoms with Crippen LogP contribution in [0.4, 0.5) is 11.6 Å². The van der Waals surface area contributed by atoms with E-state index in [1.165, 1.54) is 15.7 Å². The van der Waals surface area contributed by atoms with Gasteiger partial charge >= 0.3 is 5.82 Å². The molecule has 7 nitrogen and oxygen atoms in total. The number of fused-ring (bicyclic) bond motifs is 1. The number of hydrogen-bond acceptors (Lipinski definition) is 6. The van der Waals surface area contributed by atoms with Crippen molar-refractivity contribution in [3.8, 4) is 0 Å². The molecular weight excluding hydrogens is 268 g/mol. The quantitative estimate of drug-likeness (QED) is 0.671. The highest BCUT2D eigenvalue weighted by atomic mass is 32.1. The molecule has 1 atom stereocenters. The monoisotopic (exact) mass is 282 g/mol. The second-order valence-electron chi connectivity index (χ2n) is 4.54. The summed E-state index contributed by atoms with van der Waals surface area (Å²) in [6.45, 7) is 2.30. The first-order valence-electron chi connectivity index (χ1n) is 6.17. The van der Waals surface area contributed by atoms with Gasteiger partial charge in [-0.05, 0) is 23.7 Å². The predicted molar refractivity (Wildman–Crippen MR) is 71.8 cm³/mol. The Labute approximate surface area is 113 Å². The van der Waals surface area contributed by atoms with E-state index in [9.17, 15) is 10.1 Å². The number of hydrogen-bond donors (Lipinski definition) is 1. The van der Waals surface area contributed by atoms with Crippen molar-refractivity contribution < 1.29 is 9.66 Å². The Balaban J connectivity index is 1.70. The van der Waals surface area contributed by atoms with Crippen molar-refractivity contribution in [2.75, 3.05) is 25.1 Å². The maximum atomic E-state index is 11.1. The average Bonchev–Trinajstić information content (AvgIpc) is 3.02. The van der Waals surface area contributed by atoms with E-state index in [-0.39, 0.29) is 5.82 Å². The van der Waals surface area contributed by atoms with Crippen molar-refractivity contribution >= 4 is 27.9 Å². The van der Waals surface area contributed by atoms with Crippen molar-refractivity contribution in [3.63, 3.8) is 0 Å². The summed E-state index contributed by atoms with van der Waals surface area (Å²) in [6, 6.07) is 0. The molecule has 1 aliphatic heterocycles. The maximum Gasteiger partial charge on any atom is 0.372 e. The molecule has 0 radical (unpaired) electrons. The summed E-state index contributed by atoms with van der Waals surface area (Å²) in [5.74, 6) is 0.921. The van der Waals surface area contributed by atoms with Crippen molar-refractivity contribution in [1.29, 1.82) is 0 Å². The van der Waals surface area contributed by atoms with Crippen molar-refractivity contribution in [1.82, 2.24) is 9.38 Å². The highest BCUT2D eigenvalue weighted by Crippen LogP contribution is 2.28. The predicted octanol–water partition coefficient (Wildman–Crippen LogP) is 2.14. The number of nitro groups is 1. The molecule has 1 aliphatic rings. The highest BCUT2D eigenvalue weighted by Gasteiger charge is 2.23. The lowest BCUT2D eigenvalue weighted by Gasteiger charge is -2.07. The summed E-state index contributed by atoms with van der Waals surface area (Å²) in [6.07, 6.45) is 3.69. The van der Waals surface area contributed by atoms with Crippen LogP contribution in [-0.4, -0.2) is 34.1 Å². The molecular formula is C11H14N4O3S. The van der Waals surface area contributed by atoms with Gasteiger partial charge in [-0.15, -0.1) is 0 Å². The first-order valence-corrected chi connectivity index (χ1v) is 7.05. The van der Waals surface area contributed by atoms with E-state index in [0.29, 0.717) is 23.2 Å². The molecule has 0 aromatic carbocycles. The number of thiazole rings is 1. The lowest BCUT2D eigenvalue weighted by atomic mass is 10.1. The summed E-state index contributed by atoms with van der Waals surface area (Å²) in [4.78, 5) is 15.6. The smallest absolute Gasteiger partial charge is 0.372 e. The molecule has 8 heteroatoms. The van der Waals surface area contributed by atoms with Crippen LogP contribution in [-0.2, 0) is 4.74 Å². The Morgan fingerprint density at radius 3 is 3.32 bits per heavy atom. The second kappa shape index (κ2) is 5.14. The summed E-state index contributed by atoms with van der Waals surface area (Å²) in [5.41, 5.74) is 0. The number of imidazole rings is 1. The minimum Gasteiger partial charge on any atom is -0.381 e. The zero-order valence-electron chi connectivity index (χ0n) is 10.2. The van der Waals surface area contributed by atoms with Crippen molar-refractivity contribution in [2.45, 2.75) is 12.8 Å². The number of nitrogens with zero attached hydrogens (tertiary/aromatic N) is 3. The first-order chi connectivity index (χ1) is 9.25. The molecule has 102 valence electrons. The molecule has 19 heavy (non-hydrogen) atoms. The zero-order valence-corrected chi connectivity index (χ0v) is 11.1. The van der Waals surface area contributed by atoms with E-state index in [2.05, 4.69) is 10.3 Å². The number of rotatable bonds is 5. The second-order valence-corrected chi connectivity index (χ2v) is 5.41. The summed E-state index contributed by atoms with van der Waals surface area (Å²) >= 11 is 1.39. The third-order valence-corrected chi connectivity index (χ3v) is 4.04. The fraction of sp³-hybridized carbons (Fsp3) is 0.545. The van der Waals surface area contributed by atoms with Crippen LogP contribution in [0.1, 0.15) is 12.8 Å². The molecule has 0 amide bonds. The van der Waals surface area contributed by atoms with E-state index in [0.717, 1.165) is 26.1 Å². The van der Waals surface area contributed by atoms with Crippen LogP contribution in [0.5, 0.6) is 0 Å². The Morgan fingerprint density at radius 1 is 1.68 bits per heavy atom. The minimum absolute atomic E-state index is 0.0129. The van der Waals surface area contributed by atoms with Gasteiger partial charge in [-0.25, -0.2) is 0 Å². The van der Waals surface area contributed by atoms with Gasteiger partial charge < -0.3 is 20.2 Å². The molecule has 1 unspecified atom stereocenters. The van der Waals surface area contributed by atoms with Crippen LogP contribution in [0, 0.1) is 16.0 Å². The van der Waals surface area contributed by atoms with Gasteiger partial charge in [-0.1, -0.05) is 11.3 Å². The molecule has 0 aliphatic carbocycles.